The van der Waals surface area contributed by atoms with Gasteiger partial charge >= 0.3 is 0 Å². The Labute approximate surface area is 156 Å². The predicted octanol–water partition coefficient (Wildman–Crippen LogP) is 3.56. The highest BCUT2D eigenvalue weighted by Crippen LogP contribution is 2.38. The van der Waals surface area contributed by atoms with Crippen molar-refractivity contribution in [3.8, 4) is 0 Å². The fourth-order valence-electron chi connectivity index (χ4n) is 2.62. The summed E-state index contributed by atoms with van der Waals surface area (Å²) >= 11 is 11.7. The van der Waals surface area contributed by atoms with Gasteiger partial charge in [-0.3, -0.25) is 9.59 Å². The molecule has 0 aromatic heterocycles. The van der Waals surface area contributed by atoms with Crippen molar-refractivity contribution in [1.82, 2.24) is 10.6 Å². The molecule has 2 aromatic rings. The SMILES string of the molecule is O=C(NCc1ccc(Cl)cc1)C1CC1C(=O)NCc1ccc(Cl)cc1. The molecule has 3 rings (SSSR count). The van der Waals surface area contributed by atoms with Crippen LogP contribution in [-0.4, -0.2) is 11.8 Å². The number of hydrogen-bond acceptors (Lipinski definition) is 2. The average Bonchev–Trinajstić information content (AvgIpc) is 3.41. The van der Waals surface area contributed by atoms with Gasteiger partial charge in [-0.05, 0) is 41.8 Å². The summed E-state index contributed by atoms with van der Waals surface area (Å²) in [5.41, 5.74) is 1.95. The number of carbonyl (C=O) groups is 2. The first-order valence-corrected chi connectivity index (χ1v) is 8.83. The molecule has 130 valence electrons. The largest absolute Gasteiger partial charge is 0.352 e. The number of amides is 2. The van der Waals surface area contributed by atoms with Crippen molar-refractivity contribution in [3.05, 3.63) is 69.7 Å². The van der Waals surface area contributed by atoms with Crippen LogP contribution in [0.1, 0.15) is 17.5 Å². The monoisotopic (exact) mass is 376 g/mol. The maximum absolute atomic E-state index is 12.1. The molecule has 1 aliphatic carbocycles. The van der Waals surface area contributed by atoms with Gasteiger partial charge in [-0.1, -0.05) is 47.5 Å². The van der Waals surface area contributed by atoms with Crippen LogP contribution in [0.5, 0.6) is 0 Å². The number of hydrogen-bond donors (Lipinski definition) is 2. The van der Waals surface area contributed by atoms with Gasteiger partial charge in [0.05, 0.1) is 11.8 Å². The van der Waals surface area contributed by atoms with Crippen molar-refractivity contribution in [2.45, 2.75) is 19.5 Å². The molecule has 0 aliphatic heterocycles. The zero-order valence-corrected chi connectivity index (χ0v) is 15.0. The lowest BCUT2D eigenvalue weighted by atomic mass is 10.2. The van der Waals surface area contributed by atoms with E-state index in [1.807, 2.05) is 24.3 Å². The second-order valence-corrected chi connectivity index (χ2v) is 7.01. The maximum Gasteiger partial charge on any atom is 0.224 e. The summed E-state index contributed by atoms with van der Waals surface area (Å²) in [6.07, 6.45) is 0.596. The Morgan fingerprint density at radius 3 is 1.48 bits per heavy atom. The van der Waals surface area contributed by atoms with Crippen LogP contribution >= 0.6 is 23.2 Å². The second kappa shape index (κ2) is 7.89. The van der Waals surface area contributed by atoms with E-state index in [2.05, 4.69) is 10.6 Å². The Hall–Kier alpha value is -2.04. The standard InChI is InChI=1S/C19H18Cl2N2O2/c20-14-5-1-12(2-6-14)10-22-18(24)16-9-17(16)19(25)23-11-13-3-7-15(21)8-4-13/h1-8,16-17H,9-11H2,(H,22,24)(H,23,25). The molecule has 25 heavy (non-hydrogen) atoms. The van der Waals surface area contributed by atoms with Crippen LogP contribution in [0, 0.1) is 11.8 Å². The van der Waals surface area contributed by atoms with E-state index in [4.69, 9.17) is 23.2 Å². The fourth-order valence-corrected chi connectivity index (χ4v) is 2.87. The normalized spacial score (nSPS) is 18.5. The van der Waals surface area contributed by atoms with Gasteiger partial charge in [0, 0.05) is 23.1 Å². The quantitative estimate of drug-likeness (QED) is 0.809. The van der Waals surface area contributed by atoms with Gasteiger partial charge in [0.15, 0.2) is 0 Å². The lowest BCUT2D eigenvalue weighted by Gasteiger charge is -2.07. The van der Waals surface area contributed by atoms with Gasteiger partial charge < -0.3 is 10.6 Å². The summed E-state index contributed by atoms with van der Waals surface area (Å²) in [6, 6.07) is 14.6. The number of carbonyl (C=O) groups excluding carboxylic acids is 2. The Bertz CT molecular complexity index is 694. The van der Waals surface area contributed by atoms with Crippen molar-refractivity contribution in [2.24, 2.45) is 11.8 Å². The molecule has 2 unspecified atom stereocenters. The smallest absolute Gasteiger partial charge is 0.224 e. The third-order valence-corrected chi connectivity index (χ3v) is 4.73. The van der Waals surface area contributed by atoms with Crippen molar-refractivity contribution in [2.75, 3.05) is 0 Å². The van der Waals surface area contributed by atoms with Crippen LogP contribution in [0.15, 0.2) is 48.5 Å². The molecule has 0 radical (unpaired) electrons. The highest BCUT2D eigenvalue weighted by molar-refractivity contribution is 6.30. The van der Waals surface area contributed by atoms with Crippen LogP contribution in [0.25, 0.3) is 0 Å². The zero-order valence-electron chi connectivity index (χ0n) is 13.5. The molecule has 6 heteroatoms. The van der Waals surface area contributed by atoms with Crippen molar-refractivity contribution in [1.29, 1.82) is 0 Å². The lowest BCUT2D eigenvalue weighted by Crippen LogP contribution is -2.29. The molecule has 1 aliphatic rings. The molecule has 1 fully saturated rings. The zero-order chi connectivity index (χ0) is 17.8. The topological polar surface area (TPSA) is 58.2 Å². The van der Waals surface area contributed by atoms with E-state index >= 15 is 0 Å². The summed E-state index contributed by atoms with van der Waals surface area (Å²) < 4.78 is 0. The van der Waals surface area contributed by atoms with E-state index in [1.165, 1.54) is 0 Å². The number of benzene rings is 2. The van der Waals surface area contributed by atoms with Crippen molar-refractivity contribution >= 4 is 35.0 Å². The third kappa shape index (κ3) is 4.97. The van der Waals surface area contributed by atoms with Gasteiger partial charge in [0.25, 0.3) is 0 Å². The molecule has 2 amide bonds. The Kier molecular flexibility index (Phi) is 5.61. The number of rotatable bonds is 6. The van der Waals surface area contributed by atoms with E-state index < -0.39 is 0 Å². The van der Waals surface area contributed by atoms with Crippen molar-refractivity contribution in [3.63, 3.8) is 0 Å². The molecule has 2 N–H and O–H groups in total. The molecular formula is C19H18Cl2N2O2. The molecule has 0 heterocycles. The van der Waals surface area contributed by atoms with Crippen LogP contribution in [0.3, 0.4) is 0 Å². The van der Waals surface area contributed by atoms with E-state index in [0.29, 0.717) is 29.6 Å². The van der Waals surface area contributed by atoms with Gasteiger partial charge in [0.2, 0.25) is 11.8 Å². The van der Waals surface area contributed by atoms with Gasteiger partial charge in [-0.25, -0.2) is 0 Å². The third-order valence-electron chi connectivity index (χ3n) is 4.22. The van der Waals surface area contributed by atoms with E-state index in [1.54, 1.807) is 24.3 Å². The molecule has 2 atom stereocenters. The van der Waals surface area contributed by atoms with E-state index in [9.17, 15) is 9.59 Å². The van der Waals surface area contributed by atoms with Crippen molar-refractivity contribution < 1.29 is 9.59 Å². The average molecular weight is 377 g/mol. The summed E-state index contributed by atoms with van der Waals surface area (Å²) in [6.45, 7) is 0.872. The summed E-state index contributed by atoms with van der Waals surface area (Å²) in [7, 11) is 0. The first-order valence-electron chi connectivity index (χ1n) is 8.07. The Morgan fingerprint density at radius 1 is 0.760 bits per heavy atom. The molecule has 0 spiro atoms. The van der Waals surface area contributed by atoms with E-state index in [0.717, 1.165) is 11.1 Å². The predicted molar refractivity (Wildman–Crippen MR) is 98.2 cm³/mol. The van der Waals surface area contributed by atoms with Crippen LogP contribution < -0.4 is 10.6 Å². The van der Waals surface area contributed by atoms with Crippen LogP contribution in [-0.2, 0) is 22.7 Å². The Morgan fingerprint density at radius 2 is 1.12 bits per heavy atom. The van der Waals surface area contributed by atoms with Gasteiger partial charge in [-0.2, -0.15) is 0 Å². The van der Waals surface area contributed by atoms with Gasteiger partial charge in [0.1, 0.15) is 0 Å². The summed E-state index contributed by atoms with van der Waals surface area (Å²) in [4.78, 5) is 24.3. The van der Waals surface area contributed by atoms with E-state index in [-0.39, 0.29) is 23.7 Å². The fraction of sp³-hybridized carbons (Fsp3) is 0.263. The first-order chi connectivity index (χ1) is 12.0. The minimum absolute atomic E-state index is 0.0819. The number of halogens is 2. The minimum atomic E-state index is -0.238. The molecule has 4 nitrogen and oxygen atoms in total. The summed E-state index contributed by atoms with van der Waals surface area (Å²) in [5.74, 6) is -0.641. The van der Waals surface area contributed by atoms with Gasteiger partial charge in [-0.15, -0.1) is 0 Å². The highest BCUT2D eigenvalue weighted by atomic mass is 35.5. The first kappa shape index (κ1) is 17.8. The highest BCUT2D eigenvalue weighted by Gasteiger charge is 2.47. The summed E-state index contributed by atoms with van der Waals surface area (Å²) in [5, 5.41) is 7.06. The molecule has 1 saturated carbocycles. The lowest BCUT2D eigenvalue weighted by molar-refractivity contribution is -0.127. The van der Waals surface area contributed by atoms with Crippen LogP contribution in [0.2, 0.25) is 10.0 Å². The second-order valence-electron chi connectivity index (χ2n) is 6.14. The minimum Gasteiger partial charge on any atom is -0.352 e. The number of nitrogens with one attached hydrogen (secondary N) is 2. The van der Waals surface area contributed by atoms with Crippen LogP contribution in [0.4, 0.5) is 0 Å². The molecular weight excluding hydrogens is 359 g/mol. The molecule has 0 bridgehead atoms. The molecule has 2 aromatic carbocycles. The molecule has 0 saturated heterocycles. The Balaban J connectivity index is 1.41. The maximum atomic E-state index is 12.1.